The molecule has 0 spiro atoms. The number of amides is 1. The van der Waals surface area contributed by atoms with Gasteiger partial charge in [-0.2, -0.15) is 5.10 Å². The minimum Gasteiger partial charge on any atom is -0.495 e. The Morgan fingerprint density at radius 3 is 2.61 bits per heavy atom. The molecule has 0 saturated carbocycles. The smallest absolute Gasteiger partial charge is 0.283 e. The lowest BCUT2D eigenvalue weighted by molar-refractivity contribution is 0.0977. The molecule has 0 aliphatic carbocycles. The first-order valence-corrected chi connectivity index (χ1v) is 13.8. The standard InChI is InChI=1S/C27H29N5O5S/c1-36-18-19-11-15-31(16-12-19)20-7-10-25(37-2)26(17-20)38(34,35)30-27(33)23-9-8-21-22(29-23)5-3-6-24(21)32-14-4-13-28-32/h3-10,13-14,17,19H,11-12,15-16,18H2,1-2H3,(H,30,33). The highest BCUT2D eigenvalue weighted by atomic mass is 32.2. The molecule has 38 heavy (non-hydrogen) atoms. The van der Waals surface area contributed by atoms with Gasteiger partial charge in [0, 0.05) is 50.3 Å². The van der Waals surface area contributed by atoms with Crippen LogP contribution in [0.1, 0.15) is 23.3 Å². The van der Waals surface area contributed by atoms with E-state index in [1.54, 1.807) is 48.3 Å². The summed E-state index contributed by atoms with van der Waals surface area (Å²) in [4.78, 5) is 19.5. The molecule has 1 N–H and O–H groups in total. The molecule has 0 bridgehead atoms. The molecule has 3 heterocycles. The van der Waals surface area contributed by atoms with Gasteiger partial charge in [0.1, 0.15) is 16.3 Å². The van der Waals surface area contributed by atoms with Crippen molar-refractivity contribution in [2.45, 2.75) is 17.7 Å². The summed E-state index contributed by atoms with van der Waals surface area (Å²) in [6.45, 7) is 2.29. The number of benzene rings is 2. The van der Waals surface area contributed by atoms with E-state index in [0.29, 0.717) is 11.4 Å². The van der Waals surface area contributed by atoms with Gasteiger partial charge in [0.2, 0.25) is 0 Å². The van der Waals surface area contributed by atoms with Crippen LogP contribution in [0.2, 0.25) is 0 Å². The number of rotatable bonds is 8. The summed E-state index contributed by atoms with van der Waals surface area (Å²) in [7, 11) is -1.15. The van der Waals surface area contributed by atoms with E-state index in [1.807, 2.05) is 24.4 Å². The van der Waals surface area contributed by atoms with Crippen LogP contribution in [0.25, 0.3) is 16.6 Å². The second-order valence-corrected chi connectivity index (χ2v) is 10.8. The normalized spacial score (nSPS) is 14.5. The SMILES string of the molecule is COCC1CCN(c2ccc(OC)c(S(=O)(=O)NC(=O)c3ccc4c(-n5cccn5)cccc4n3)c2)CC1. The van der Waals surface area contributed by atoms with Gasteiger partial charge in [-0.3, -0.25) is 4.79 Å². The van der Waals surface area contributed by atoms with E-state index in [0.717, 1.165) is 49.3 Å². The van der Waals surface area contributed by atoms with Crippen molar-refractivity contribution in [3.63, 3.8) is 0 Å². The number of carbonyl (C=O) groups is 1. The molecule has 1 aliphatic rings. The quantitative estimate of drug-likeness (QED) is 0.365. The maximum atomic E-state index is 13.4. The van der Waals surface area contributed by atoms with E-state index in [2.05, 4.69) is 19.7 Å². The number of piperidine rings is 1. The van der Waals surface area contributed by atoms with Gasteiger partial charge in [-0.05, 0) is 67.3 Å². The van der Waals surface area contributed by atoms with E-state index in [1.165, 1.54) is 13.2 Å². The molecule has 2 aromatic carbocycles. The van der Waals surface area contributed by atoms with Crippen LogP contribution in [0, 0.1) is 5.92 Å². The van der Waals surface area contributed by atoms with Crippen LogP contribution < -0.4 is 14.4 Å². The van der Waals surface area contributed by atoms with Crippen molar-refractivity contribution in [1.29, 1.82) is 0 Å². The van der Waals surface area contributed by atoms with Crippen LogP contribution in [0.4, 0.5) is 5.69 Å². The van der Waals surface area contributed by atoms with E-state index in [9.17, 15) is 13.2 Å². The monoisotopic (exact) mass is 535 g/mol. The third-order valence-electron chi connectivity index (χ3n) is 6.74. The van der Waals surface area contributed by atoms with Crippen LogP contribution in [0.5, 0.6) is 5.75 Å². The molecular formula is C27H29N5O5S. The first-order chi connectivity index (χ1) is 18.4. The fourth-order valence-electron chi connectivity index (χ4n) is 4.77. The van der Waals surface area contributed by atoms with Gasteiger partial charge in [0.05, 0.1) is 18.3 Å². The van der Waals surface area contributed by atoms with Crippen LogP contribution in [0.15, 0.2) is 71.9 Å². The van der Waals surface area contributed by atoms with Crippen molar-refractivity contribution in [2.75, 3.05) is 38.8 Å². The van der Waals surface area contributed by atoms with Crippen LogP contribution in [-0.4, -0.2) is 63.0 Å². The van der Waals surface area contributed by atoms with Gasteiger partial charge in [-0.25, -0.2) is 22.8 Å². The highest BCUT2D eigenvalue weighted by molar-refractivity contribution is 7.90. The Morgan fingerprint density at radius 2 is 1.89 bits per heavy atom. The Morgan fingerprint density at radius 1 is 1.08 bits per heavy atom. The first-order valence-electron chi connectivity index (χ1n) is 12.3. The maximum absolute atomic E-state index is 13.4. The zero-order chi connectivity index (χ0) is 26.7. The summed E-state index contributed by atoms with van der Waals surface area (Å²) in [5.74, 6) is -0.190. The number of hydrogen-bond donors (Lipinski definition) is 1. The summed E-state index contributed by atoms with van der Waals surface area (Å²) < 4.78 is 41.2. The predicted octanol–water partition coefficient (Wildman–Crippen LogP) is 3.41. The lowest BCUT2D eigenvalue weighted by Gasteiger charge is -2.33. The van der Waals surface area contributed by atoms with E-state index < -0.39 is 15.9 Å². The van der Waals surface area contributed by atoms with Gasteiger partial charge in [0.15, 0.2) is 0 Å². The van der Waals surface area contributed by atoms with Crippen molar-refractivity contribution >= 4 is 32.5 Å². The molecule has 10 nitrogen and oxygen atoms in total. The summed E-state index contributed by atoms with van der Waals surface area (Å²) in [6, 6.07) is 15.5. The van der Waals surface area contributed by atoms with Crippen molar-refractivity contribution in [3.8, 4) is 11.4 Å². The fraction of sp³-hybridized carbons (Fsp3) is 0.296. The molecule has 0 unspecified atom stereocenters. The number of anilines is 1. The number of carbonyl (C=O) groups excluding carboxylic acids is 1. The number of pyridine rings is 1. The molecule has 0 radical (unpaired) electrons. The number of sulfonamides is 1. The predicted molar refractivity (Wildman–Crippen MR) is 143 cm³/mol. The van der Waals surface area contributed by atoms with Crippen molar-refractivity contribution in [3.05, 3.63) is 72.7 Å². The van der Waals surface area contributed by atoms with Crippen molar-refractivity contribution in [1.82, 2.24) is 19.5 Å². The summed E-state index contributed by atoms with van der Waals surface area (Å²) in [5.41, 5.74) is 2.07. The number of fused-ring (bicyclic) bond motifs is 1. The van der Waals surface area contributed by atoms with Gasteiger partial charge in [-0.15, -0.1) is 0 Å². The van der Waals surface area contributed by atoms with Crippen LogP contribution in [-0.2, 0) is 14.8 Å². The molecule has 1 aliphatic heterocycles. The molecule has 2 aromatic heterocycles. The summed E-state index contributed by atoms with van der Waals surface area (Å²) >= 11 is 0. The lowest BCUT2D eigenvalue weighted by atomic mass is 9.97. The average Bonchev–Trinajstić information content (AvgIpc) is 3.47. The minimum absolute atomic E-state index is 0.0194. The van der Waals surface area contributed by atoms with Gasteiger partial charge in [0.25, 0.3) is 15.9 Å². The number of ether oxygens (including phenoxy) is 2. The Kier molecular flexibility index (Phi) is 7.30. The summed E-state index contributed by atoms with van der Waals surface area (Å²) in [6.07, 6.45) is 5.39. The Hall–Kier alpha value is -3.96. The van der Waals surface area contributed by atoms with Gasteiger partial charge in [-0.1, -0.05) is 6.07 Å². The topological polar surface area (TPSA) is 116 Å². The molecule has 11 heteroatoms. The zero-order valence-corrected chi connectivity index (χ0v) is 22.0. The van der Waals surface area contributed by atoms with Gasteiger partial charge < -0.3 is 14.4 Å². The van der Waals surface area contributed by atoms with Crippen molar-refractivity contribution < 1.29 is 22.7 Å². The minimum atomic E-state index is -4.25. The maximum Gasteiger partial charge on any atom is 0.283 e. The highest BCUT2D eigenvalue weighted by Crippen LogP contribution is 2.31. The molecular weight excluding hydrogens is 506 g/mol. The molecule has 5 rings (SSSR count). The van der Waals surface area contributed by atoms with E-state index >= 15 is 0 Å². The van der Waals surface area contributed by atoms with Crippen LogP contribution in [0.3, 0.4) is 0 Å². The first kappa shape index (κ1) is 25.7. The Labute approximate surface area is 221 Å². The van der Waals surface area contributed by atoms with Gasteiger partial charge >= 0.3 is 0 Å². The lowest BCUT2D eigenvalue weighted by Crippen LogP contribution is -2.35. The highest BCUT2D eigenvalue weighted by Gasteiger charge is 2.26. The molecule has 1 fully saturated rings. The second-order valence-electron chi connectivity index (χ2n) is 9.15. The second kappa shape index (κ2) is 10.8. The van der Waals surface area contributed by atoms with E-state index in [4.69, 9.17) is 9.47 Å². The largest absolute Gasteiger partial charge is 0.495 e. The Bertz CT molecular complexity index is 1550. The third-order valence-corrected chi connectivity index (χ3v) is 8.09. The van der Waals surface area contributed by atoms with E-state index in [-0.39, 0.29) is 16.3 Å². The number of nitrogens with one attached hydrogen (secondary N) is 1. The fourth-order valence-corrected chi connectivity index (χ4v) is 5.92. The molecule has 1 saturated heterocycles. The van der Waals surface area contributed by atoms with Crippen LogP contribution >= 0.6 is 0 Å². The van der Waals surface area contributed by atoms with Crippen molar-refractivity contribution in [2.24, 2.45) is 5.92 Å². The zero-order valence-electron chi connectivity index (χ0n) is 21.2. The number of nitrogens with zero attached hydrogens (tertiary/aromatic N) is 4. The Balaban J connectivity index is 1.39. The average molecular weight is 536 g/mol. The molecule has 0 atom stereocenters. The molecule has 198 valence electrons. The number of methoxy groups -OCH3 is 2. The number of aromatic nitrogens is 3. The molecule has 1 amide bonds. The third kappa shape index (κ3) is 5.20. The number of hydrogen-bond acceptors (Lipinski definition) is 8. The molecule has 4 aromatic rings. The summed E-state index contributed by atoms with van der Waals surface area (Å²) in [5, 5.41) is 5.03.